The van der Waals surface area contributed by atoms with Crippen LogP contribution in [0.15, 0.2) is 71.8 Å². The van der Waals surface area contributed by atoms with E-state index in [1.165, 1.54) is 0 Å². The summed E-state index contributed by atoms with van der Waals surface area (Å²) in [5.74, 6) is 0. The maximum absolute atomic E-state index is 12.3. The molecule has 0 aliphatic heterocycles. The second-order valence-electron chi connectivity index (χ2n) is 4.30. The summed E-state index contributed by atoms with van der Waals surface area (Å²) in [6.07, 6.45) is 1.64. The van der Waals surface area contributed by atoms with Crippen LogP contribution in [0.3, 0.4) is 0 Å². The molecule has 0 amide bonds. The topological polar surface area (TPSA) is 59.1 Å². The predicted octanol–water partition coefficient (Wildman–Crippen LogP) is 3.03. The van der Waals surface area contributed by atoms with Gasteiger partial charge in [0.05, 0.1) is 16.1 Å². The molecule has 4 nitrogen and oxygen atoms in total. The maximum Gasteiger partial charge on any atom is 0.261 e. The van der Waals surface area contributed by atoms with Crippen LogP contribution in [0.4, 0.5) is 5.69 Å². The number of hydrogen-bond acceptors (Lipinski definition) is 3. The van der Waals surface area contributed by atoms with E-state index in [0.717, 1.165) is 5.39 Å². The van der Waals surface area contributed by atoms with Gasteiger partial charge < -0.3 is 0 Å². The first-order valence-electron chi connectivity index (χ1n) is 6.08. The molecule has 0 saturated carbocycles. The van der Waals surface area contributed by atoms with Gasteiger partial charge in [-0.2, -0.15) is 0 Å². The van der Waals surface area contributed by atoms with Crippen molar-refractivity contribution in [1.29, 1.82) is 0 Å². The fraction of sp³-hybridized carbons (Fsp3) is 0. The van der Waals surface area contributed by atoms with Crippen LogP contribution >= 0.6 is 0 Å². The summed E-state index contributed by atoms with van der Waals surface area (Å²) in [7, 11) is -3.59. The molecule has 6 heteroatoms. The smallest absolute Gasteiger partial charge is 0.261 e. The molecule has 3 aromatic rings. The van der Waals surface area contributed by atoms with Gasteiger partial charge in [0.25, 0.3) is 10.0 Å². The number of nitrogens with zero attached hydrogens (tertiary/aromatic N) is 1. The molecule has 102 valence electrons. The Kier molecular flexibility index (Phi) is 4.71. The van der Waals surface area contributed by atoms with Crippen molar-refractivity contribution in [1.82, 2.24) is 4.98 Å². The zero-order valence-corrected chi connectivity index (χ0v) is 15.0. The van der Waals surface area contributed by atoms with E-state index in [0.29, 0.717) is 11.2 Å². The molecular formula is C15H12N2O2SZn. The Morgan fingerprint density at radius 1 is 0.857 bits per heavy atom. The molecule has 1 N–H and O–H groups in total. The molecule has 0 atom stereocenters. The van der Waals surface area contributed by atoms with E-state index in [9.17, 15) is 8.42 Å². The Bertz CT molecular complexity index is 846. The fourth-order valence-corrected chi connectivity index (χ4v) is 3.08. The summed E-state index contributed by atoms with van der Waals surface area (Å²) < 4.78 is 27.2. The van der Waals surface area contributed by atoms with Gasteiger partial charge in [0, 0.05) is 31.1 Å². The number of fused-ring (bicyclic) bond motifs is 1. The first-order valence-corrected chi connectivity index (χ1v) is 7.57. The number of para-hydroxylation sites is 1. The van der Waals surface area contributed by atoms with Gasteiger partial charge in [0.2, 0.25) is 0 Å². The number of rotatable bonds is 3. The number of nitrogens with one attached hydrogen (secondary N) is 1. The summed E-state index contributed by atoms with van der Waals surface area (Å²) in [5, 5.41) is 0.890. The zero-order chi connectivity index (χ0) is 14.0. The van der Waals surface area contributed by atoms with Gasteiger partial charge in [0.15, 0.2) is 0 Å². The zero-order valence-electron chi connectivity index (χ0n) is 11.2. The van der Waals surface area contributed by atoms with Gasteiger partial charge in [-0.05, 0) is 24.3 Å². The van der Waals surface area contributed by atoms with Crippen molar-refractivity contribution in [3.05, 3.63) is 66.9 Å². The van der Waals surface area contributed by atoms with Crippen LogP contribution in [0.2, 0.25) is 0 Å². The first kappa shape index (κ1) is 15.6. The second-order valence-corrected chi connectivity index (χ2v) is 5.98. The van der Waals surface area contributed by atoms with Crippen molar-refractivity contribution in [2.24, 2.45) is 0 Å². The largest absolute Gasteiger partial charge is 0.277 e. The van der Waals surface area contributed by atoms with E-state index in [-0.39, 0.29) is 24.4 Å². The fourth-order valence-electron chi connectivity index (χ4n) is 1.99. The van der Waals surface area contributed by atoms with E-state index >= 15 is 0 Å². The van der Waals surface area contributed by atoms with E-state index < -0.39 is 10.0 Å². The quantitative estimate of drug-likeness (QED) is 0.739. The molecule has 0 radical (unpaired) electrons. The van der Waals surface area contributed by atoms with Crippen molar-refractivity contribution in [3.8, 4) is 0 Å². The molecule has 0 aliphatic carbocycles. The Balaban J connectivity index is 0.00000161. The Hall–Kier alpha value is -1.78. The van der Waals surface area contributed by atoms with Gasteiger partial charge in [-0.1, -0.05) is 36.4 Å². The van der Waals surface area contributed by atoms with Crippen molar-refractivity contribution < 1.29 is 27.9 Å². The van der Waals surface area contributed by atoms with Crippen LogP contribution in [0.1, 0.15) is 0 Å². The van der Waals surface area contributed by atoms with Gasteiger partial charge in [-0.3, -0.25) is 9.71 Å². The number of aromatic nitrogens is 1. The van der Waals surface area contributed by atoms with E-state index in [1.54, 1.807) is 48.7 Å². The standard InChI is InChI=1S/C15H12N2O2S.Zn/c18-20(19,13-8-2-1-3-9-13)17-14-10-4-6-12-7-5-11-16-15(12)14;/h1-11,17H;. The average molecular weight is 350 g/mol. The van der Waals surface area contributed by atoms with Crippen LogP contribution in [0.5, 0.6) is 0 Å². The predicted molar refractivity (Wildman–Crippen MR) is 79.0 cm³/mol. The number of anilines is 1. The number of sulfonamides is 1. The monoisotopic (exact) mass is 348 g/mol. The number of hydrogen-bond donors (Lipinski definition) is 1. The van der Waals surface area contributed by atoms with E-state index in [2.05, 4.69) is 9.71 Å². The Morgan fingerprint density at radius 2 is 1.57 bits per heavy atom. The minimum Gasteiger partial charge on any atom is -0.277 e. The third-order valence-corrected chi connectivity index (χ3v) is 4.31. The summed E-state index contributed by atoms with van der Waals surface area (Å²) in [4.78, 5) is 4.46. The Labute approximate surface area is 136 Å². The maximum atomic E-state index is 12.3. The van der Waals surface area contributed by atoms with Crippen molar-refractivity contribution in [2.45, 2.75) is 4.90 Å². The van der Waals surface area contributed by atoms with Crippen molar-refractivity contribution >= 4 is 26.6 Å². The molecule has 0 aliphatic rings. The molecule has 2 aromatic carbocycles. The molecule has 1 aromatic heterocycles. The third kappa shape index (κ3) is 3.28. The molecular weight excluding hydrogens is 338 g/mol. The molecule has 0 spiro atoms. The molecule has 21 heavy (non-hydrogen) atoms. The van der Waals surface area contributed by atoms with Gasteiger partial charge >= 0.3 is 0 Å². The van der Waals surface area contributed by atoms with Gasteiger partial charge in [-0.25, -0.2) is 8.42 Å². The number of benzene rings is 2. The molecule has 1 heterocycles. The van der Waals surface area contributed by atoms with Crippen LogP contribution in [0.25, 0.3) is 10.9 Å². The number of pyridine rings is 1. The van der Waals surface area contributed by atoms with Crippen LogP contribution in [0, 0.1) is 0 Å². The van der Waals surface area contributed by atoms with Gasteiger partial charge in [0.1, 0.15) is 0 Å². The average Bonchev–Trinajstić information content (AvgIpc) is 2.48. The van der Waals surface area contributed by atoms with Crippen LogP contribution in [-0.4, -0.2) is 13.4 Å². The van der Waals surface area contributed by atoms with E-state index in [4.69, 9.17) is 0 Å². The normalized spacial score (nSPS) is 10.9. The second kappa shape index (κ2) is 6.33. The van der Waals surface area contributed by atoms with E-state index in [1.807, 2.05) is 18.2 Å². The summed E-state index contributed by atoms with van der Waals surface area (Å²) in [6.45, 7) is 0. The van der Waals surface area contributed by atoms with Crippen molar-refractivity contribution in [3.63, 3.8) is 0 Å². The SMILES string of the molecule is O=S(=O)(Nc1cccc2cccnc12)c1ccccc1.[Zn]. The summed E-state index contributed by atoms with van der Waals surface area (Å²) >= 11 is 0. The summed E-state index contributed by atoms with van der Waals surface area (Å²) in [6, 6.07) is 17.4. The van der Waals surface area contributed by atoms with Crippen LogP contribution in [-0.2, 0) is 29.5 Å². The van der Waals surface area contributed by atoms with Gasteiger partial charge in [-0.15, -0.1) is 0 Å². The molecule has 0 unspecified atom stereocenters. The van der Waals surface area contributed by atoms with Crippen molar-refractivity contribution in [2.75, 3.05) is 4.72 Å². The minimum atomic E-state index is -3.59. The molecule has 3 rings (SSSR count). The molecule has 0 bridgehead atoms. The summed E-state index contributed by atoms with van der Waals surface area (Å²) in [5.41, 5.74) is 1.11. The first-order chi connectivity index (χ1) is 9.67. The minimum absolute atomic E-state index is 0. The molecule has 0 fully saturated rings. The molecule has 0 saturated heterocycles. The Morgan fingerprint density at radius 3 is 2.33 bits per heavy atom. The third-order valence-electron chi connectivity index (χ3n) is 2.93. The van der Waals surface area contributed by atoms with Crippen LogP contribution < -0.4 is 4.72 Å².